The van der Waals surface area contributed by atoms with Gasteiger partial charge in [0.05, 0.1) is 24.4 Å². The Morgan fingerprint density at radius 3 is 2.00 bits per heavy atom. The minimum atomic E-state index is -0.169. The van der Waals surface area contributed by atoms with Crippen LogP contribution in [0.4, 0.5) is 0 Å². The van der Waals surface area contributed by atoms with Gasteiger partial charge in [-0.3, -0.25) is 0 Å². The van der Waals surface area contributed by atoms with Gasteiger partial charge in [-0.1, -0.05) is 6.58 Å². The Bertz CT molecular complexity index is 255. The Kier molecular flexibility index (Phi) is 1.07. The van der Waals surface area contributed by atoms with Crippen LogP contribution >= 0.6 is 0 Å². The lowest BCUT2D eigenvalue weighted by Gasteiger charge is -2.17. The largest absolute Gasteiger partial charge is 0.369 e. The second-order valence-corrected chi connectivity index (χ2v) is 4.43. The van der Waals surface area contributed by atoms with E-state index in [1.54, 1.807) is 6.08 Å². The van der Waals surface area contributed by atoms with Crippen LogP contribution in [0.15, 0.2) is 12.7 Å². The minimum Gasteiger partial charge on any atom is -0.369 e. The fourth-order valence-electron chi connectivity index (χ4n) is 3.35. The zero-order valence-corrected chi connectivity index (χ0v) is 7.26. The second-order valence-electron chi connectivity index (χ2n) is 4.43. The van der Waals surface area contributed by atoms with Gasteiger partial charge in [-0.25, -0.2) is 0 Å². The lowest BCUT2D eigenvalue weighted by atomic mass is 9.95. The maximum Gasteiger partial charge on any atom is 0.177 e. The van der Waals surface area contributed by atoms with E-state index >= 15 is 0 Å². The highest BCUT2D eigenvalue weighted by Gasteiger charge is 2.70. The van der Waals surface area contributed by atoms with Crippen molar-refractivity contribution in [3.8, 4) is 0 Å². The molecule has 2 aliphatic heterocycles. The monoisotopic (exact) mass is 180 g/mol. The Balaban J connectivity index is 1.67. The Morgan fingerprint density at radius 1 is 0.923 bits per heavy atom. The summed E-state index contributed by atoms with van der Waals surface area (Å²) < 4.78 is 17.0. The number of ether oxygens (including phenoxy) is 3. The van der Waals surface area contributed by atoms with Gasteiger partial charge in [0, 0.05) is 11.8 Å². The highest BCUT2D eigenvalue weighted by Crippen LogP contribution is 2.59. The van der Waals surface area contributed by atoms with E-state index in [1.165, 1.54) is 6.42 Å². The fraction of sp³-hybridized carbons (Fsp3) is 0.800. The van der Waals surface area contributed by atoms with E-state index in [-0.39, 0.29) is 18.5 Å². The van der Waals surface area contributed by atoms with E-state index in [0.29, 0.717) is 24.0 Å². The minimum absolute atomic E-state index is 0.169. The Labute approximate surface area is 76.7 Å². The summed E-state index contributed by atoms with van der Waals surface area (Å²) in [6.07, 6.45) is 4.39. The summed E-state index contributed by atoms with van der Waals surface area (Å²) >= 11 is 0. The third kappa shape index (κ3) is 0.685. The topological polar surface area (TPSA) is 31.0 Å². The van der Waals surface area contributed by atoms with Crippen LogP contribution in [-0.4, -0.2) is 30.7 Å². The van der Waals surface area contributed by atoms with Crippen molar-refractivity contribution in [1.29, 1.82) is 0 Å². The maximum absolute atomic E-state index is 5.75. The van der Waals surface area contributed by atoms with Gasteiger partial charge in [-0.2, -0.15) is 0 Å². The third-order valence-electron chi connectivity index (χ3n) is 3.89. The van der Waals surface area contributed by atoms with E-state index in [9.17, 15) is 0 Å². The number of hydrogen-bond acceptors (Lipinski definition) is 3. The molecule has 13 heavy (non-hydrogen) atoms. The Hall–Kier alpha value is -0.380. The average Bonchev–Trinajstić information content (AvgIpc) is 2.59. The molecule has 0 aromatic rings. The molecule has 0 aromatic heterocycles. The molecule has 1 unspecified atom stereocenters. The van der Waals surface area contributed by atoms with Gasteiger partial charge in [0.1, 0.15) is 0 Å². The van der Waals surface area contributed by atoms with Crippen molar-refractivity contribution >= 4 is 0 Å². The van der Waals surface area contributed by atoms with Crippen LogP contribution in [0.25, 0.3) is 0 Å². The molecule has 2 aliphatic carbocycles. The van der Waals surface area contributed by atoms with Crippen molar-refractivity contribution in [3.63, 3.8) is 0 Å². The van der Waals surface area contributed by atoms with Crippen molar-refractivity contribution < 1.29 is 14.2 Å². The summed E-state index contributed by atoms with van der Waals surface area (Å²) in [4.78, 5) is 0. The van der Waals surface area contributed by atoms with Crippen LogP contribution in [0.5, 0.6) is 0 Å². The predicted octanol–water partition coefficient (Wildman–Crippen LogP) is 0.700. The molecule has 7 atom stereocenters. The van der Waals surface area contributed by atoms with Crippen LogP contribution in [-0.2, 0) is 14.2 Å². The molecule has 2 heterocycles. The number of epoxide rings is 1. The molecule has 2 saturated carbocycles. The van der Waals surface area contributed by atoms with Crippen LogP contribution in [0, 0.1) is 11.8 Å². The van der Waals surface area contributed by atoms with Gasteiger partial charge < -0.3 is 14.2 Å². The molecule has 2 bridgehead atoms. The molecule has 3 nitrogen and oxygen atoms in total. The first-order valence-electron chi connectivity index (χ1n) is 4.97. The van der Waals surface area contributed by atoms with Crippen molar-refractivity contribution in [2.75, 3.05) is 0 Å². The van der Waals surface area contributed by atoms with Crippen LogP contribution in [0.2, 0.25) is 0 Å². The first-order valence-corrected chi connectivity index (χ1v) is 4.97. The van der Waals surface area contributed by atoms with Gasteiger partial charge in [-0.05, 0) is 12.5 Å². The summed E-state index contributed by atoms with van der Waals surface area (Å²) in [6, 6.07) is 0. The Morgan fingerprint density at radius 2 is 1.46 bits per heavy atom. The summed E-state index contributed by atoms with van der Waals surface area (Å²) in [7, 11) is 0. The molecule has 3 heteroatoms. The molecule has 0 N–H and O–H groups in total. The van der Waals surface area contributed by atoms with Crippen LogP contribution in [0.1, 0.15) is 6.42 Å². The average molecular weight is 180 g/mol. The molecule has 0 spiro atoms. The van der Waals surface area contributed by atoms with E-state index in [2.05, 4.69) is 6.58 Å². The van der Waals surface area contributed by atoms with Crippen molar-refractivity contribution in [2.24, 2.45) is 11.8 Å². The van der Waals surface area contributed by atoms with E-state index in [0.717, 1.165) is 0 Å². The standard InChI is InChI=1S/C10H12O3/c1-2-6-11-7-4-3-5(8(7)12-6)10-9(4)13-10/h2,4-10H,1,3H2/t4-,5+,6?,7-,8+,9-,10+. The zero-order valence-electron chi connectivity index (χ0n) is 7.26. The first-order chi connectivity index (χ1) is 6.38. The molecule has 4 rings (SSSR count). The smallest absolute Gasteiger partial charge is 0.177 e. The molecule has 2 saturated heterocycles. The summed E-state index contributed by atoms with van der Waals surface area (Å²) in [5, 5.41) is 0. The number of hydrogen-bond donors (Lipinski definition) is 0. The molecule has 0 aromatic carbocycles. The third-order valence-corrected chi connectivity index (χ3v) is 3.89. The quantitative estimate of drug-likeness (QED) is 0.439. The summed E-state index contributed by atoms with van der Waals surface area (Å²) in [5.41, 5.74) is 0. The van der Waals surface area contributed by atoms with Crippen molar-refractivity contribution in [3.05, 3.63) is 12.7 Å². The fourth-order valence-corrected chi connectivity index (χ4v) is 3.35. The van der Waals surface area contributed by atoms with Gasteiger partial charge >= 0.3 is 0 Å². The molecule has 70 valence electrons. The van der Waals surface area contributed by atoms with Gasteiger partial charge in [0.15, 0.2) is 6.29 Å². The summed E-state index contributed by atoms with van der Waals surface area (Å²) in [6.45, 7) is 3.69. The zero-order chi connectivity index (χ0) is 8.58. The van der Waals surface area contributed by atoms with E-state index in [4.69, 9.17) is 14.2 Å². The molecular formula is C10H12O3. The molecule has 4 fully saturated rings. The van der Waals surface area contributed by atoms with E-state index in [1.807, 2.05) is 0 Å². The van der Waals surface area contributed by atoms with Crippen molar-refractivity contribution in [1.82, 2.24) is 0 Å². The predicted molar refractivity (Wildman–Crippen MR) is 44.0 cm³/mol. The lowest BCUT2D eigenvalue weighted by Crippen LogP contribution is -2.33. The number of fused-ring (bicyclic) bond motifs is 8. The molecular weight excluding hydrogens is 168 g/mol. The lowest BCUT2D eigenvalue weighted by molar-refractivity contribution is -0.0536. The molecule has 4 aliphatic rings. The second kappa shape index (κ2) is 2.00. The maximum atomic E-state index is 5.75. The van der Waals surface area contributed by atoms with Gasteiger partial charge in [-0.15, -0.1) is 0 Å². The SMILES string of the molecule is C=CC1O[C@@H]2[C@H]3C[C@@H]([C@@H]2O1)[C@@H]1O[C@H]31. The molecule has 0 radical (unpaired) electrons. The van der Waals surface area contributed by atoms with Crippen LogP contribution < -0.4 is 0 Å². The highest BCUT2D eigenvalue weighted by molar-refractivity contribution is 5.17. The van der Waals surface area contributed by atoms with E-state index < -0.39 is 0 Å². The highest BCUT2D eigenvalue weighted by atomic mass is 16.7. The van der Waals surface area contributed by atoms with Gasteiger partial charge in [0.2, 0.25) is 0 Å². The van der Waals surface area contributed by atoms with Crippen LogP contribution in [0.3, 0.4) is 0 Å². The van der Waals surface area contributed by atoms with Gasteiger partial charge in [0.25, 0.3) is 0 Å². The summed E-state index contributed by atoms with van der Waals surface area (Å²) in [5.74, 6) is 1.20. The van der Waals surface area contributed by atoms with Crippen molar-refractivity contribution in [2.45, 2.75) is 37.1 Å². The number of rotatable bonds is 1. The molecule has 0 amide bonds. The first kappa shape index (κ1) is 6.98. The normalized spacial score (nSPS) is 66.3.